The molecule has 1 aromatic rings. The predicted molar refractivity (Wildman–Crippen MR) is 83.3 cm³/mol. The molecule has 0 aliphatic carbocycles. The number of benzene rings is 1. The van der Waals surface area contributed by atoms with E-state index in [4.69, 9.17) is 22.1 Å². The lowest BCUT2D eigenvalue weighted by molar-refractivity contribution is 0.0636. The fraction of sp³-hybridized carbons (Fsp3) is 0.533. The van der Waals surface area contributed by atoms with Gasteiger partial charge in [0.15, 0.2) is 0 Å². The number of rotatable bonds is 4. The second kappa shape index (κ2) is 6.95. The molecule has 3 N–H and O–H groups in total. The number of nitrogens with two attached hydrogens (primary N) is 1. The summed E-state index contributed by atoms with van der Waals surface area (Å²) >= 11 is 6.16. The van der Waals surface area contributed by atoms with Crippen LogP contribution in [0.15, 0.2) is 18.2 Å². The molecule has 1 atom stereocenters. The van der Waals surface area contributed by atoms with E-state index < -0.39 is 11.7 Å². The third-order valence-electron chi connectivity index (χ3n) is 2.56. The Kier molecular flexibility index (Phi) is 5.84. The van der Waals surface area contributed by atoms with E-state index in [1.54, 1.807) is 6.07 Å². The summed E-state index contributed by atoms with van der Waals surface area (Å²) in [5.41, 5.74) is 6.84. The molecule has 5 heteroatoms. The summed E-state index contributed by atoms with van der Waals surface area (Å²) in [6, 6.07) is 5.72. The summed E-state index contributed by atoms with van der Waals surface area (Å²) in [5.74, 6) is 0. The van der Waals surface area contributed by atoms with E-state index in [1.165, 1.54) is 0 Å². The van der Waals surface area contributed by atoms with Gasteiger partial charge in [-0.15, -0.1) is 0 Å². The van der Waals surface area contributed by atoms with Gasteiger partial charge in [-0.05, 0) is 58.2 Å². The normalized spacial score (nSPS) is 12.9. The van der Waals surface area contributed by atoms with Crippen molar-refractivity contribution < 1.29 is 9.53 Å². The summed E-state index contributed by atoms with van der Waals surface area (Å²) in [4.78, 5) is 11.7. The molecule has 0 aliphatic heterocycles. The van der Waals surface area contributed by atoms with Crippen molar-refractivity contribution >= 4 is 23.4 Å². The average molecular weight is 299 g/mol. The van der Waals surface area contributed by atoms with Crippen LogP contribution in [0, 0.1) is 0 Å². The standard InChI is InChI=1S/C15H23ClN2O2/c1-10(17)5-6-11-7-8-13(12(16)9-11)18-14(19)20-15(2,3)4/h7-10H,5-6,17H2,1-4H3,(H,18,19)/t10-/m1/s1. The summed E-state index contributed by atoms with van der Waals surface area (Å²) in [6.45, 7) is 7.40. The predicted octanol–water partition coefficient (Wildman–Crippen LogP) is 3.97. The fourth-order valence-electron chi connectivity index (χ4n) is 1.62. The van der Waals surface area contributed by atoms with Gasteiger partial charge in [0.25, 0.3) is 0 Å². The zero-order valence-corrected chi connectivity index (χ0v) is 13.3. The van der Waals surface area contributed by atoms with Gasteiger partial charge in [0.2, 0.25) is 0 Å². The molecule has 0 unspecified atom stereocenters. The highest BCUT2D eigenvalue weighted by molar-refractivity contribution is 6.33. The quantitative estimate of drug-likeness (QED) is 0.884. The lowest BCUT2D eigenvalue weighted by Crippen LogP contribution is -2.27. The lowest BCUT2D eigenvalue weighted by Gasteiger charge is -2.20. The molecular weight excluding hydrogens is 276 g/mol. The molecule has 0 bridgehead atoms. The Labute approximate surface area is 125 Å². The van der Waals surface area contributed by atoms with Crippen LogP contribution in [0.3, 0.4) is 0 Å². The zero-order valence-electron chi connectivity index (χ0n) is 12.5. The molecule has 20 heavy (non-hydrogen) atoms. The van der Waals surface area contributed by atoms with Gasteiger partial charge >= 0.3 is 6.09 Å². The number of hydrogen-bond acceptors (Lipinski definition) is 3. The van der Waals surface area contributed by atoms with E-state index in [0.717, 1.165) is 18.4 Å². The monoisotopic (exact) mass is 298 g/mol. The Morgan fingerprint density at radius 2 is 2.10 bits per heavy atom. The van der Waals surface area contributed by atoms with Crippen molar-refractivity contribution in [1.29, 1.82) is 0 Å². The number of halogens is 1. The van der Waals surface area contributed by atoms with Gasteiger partial charge in [-0.1, -0.05) is 17.7 Å². The Balaban J connectivity index is 2.66. The van der Waals surface area contributed by atoms with Crippen LogP contribution >= 0.6 is 11.6 Å². The highest BCUT2D eigenvalue weighted by Crippen LogP contribution is 2.24. The first kappa shape index (κ1) is 16.8. The van der Waals surface area contributed by atoms with E-state index in [2.05, 4.69) is 5.32 Å². The third-order valence-corrected chi connectivity index (χ3v) is 2.87. The molecule has 4 nitrogen and oxygen atoms in total. The number of amides is 1. The van der Waals surface area contributed by atoms with Crippen LogP contribution in [-0.4, -0.2) is 17.7 Å². The Hall–Kier alpha value is -1.26. The largest absolute Gasteiger partial charge is 0.444 e. The van der Waals surface area contributed by atoms with Gasteiger partial charge in [0, 0.05) is 6.04 Å². The van der Waals surface area contributed by atoms with Gasteiger partial charge in [-0.3, -0.25) is 5.32 Å². The minimum atomic E-state index is -0.534. The van der Waals surface area contributed by atoms with E-state index in [-0.39, 0.29) is 6.04 Å². The molecule has 0 saturated heterocycles. The summed E-state index contributed by atoms with van der Waals surface area (Å²) in [5, 5.41) is 3.14. The van der Waals surface area contributed by atoms with Gasteiger partial charge < -0.3 is 10.5 Å². The summed E-state index contributed by atoms with van der Waals surface area (Å²) in [7, 11) is 0. The van der Waals surface area contributed by atoms with Crippen molar-refractivity contribution in [3.8, 4) is 0 Å². The van der Waals surface area contributed by atoms with Crippen molar-refractivity contribution in [2.45, 2.75) is 52.2 Å². The van der Waals surface area contributed by atoms with Crippen LogP contribution in [0.25, 0.3) is 0 Å². The van der Waals surface area contributed by atoms with E-state index >= 15 is 0 Å². The smallest absolute Gasteiger partial charge is 0.412 e. The SMILES string of the molecule is C[C@@H](N)CCc1ccc(NC(=O)OC(C)(C)C)c(Cl)c1. The molecule has 0 aromatic heterocycles. The topological polar surface area (TPSA) is 64.3 Å². The second-order valence-corrected chi connectivity index (χ2v) is 6.36. The minimum absolute atomic E-state index is 0.161. The minimum Gasteiger partial charge on any atom is -0.444 e. The van der Waals surface area contributed by atoms with Gasteiger partial charge in [-0.2, -0.15) is 0 Å². The highest BCUT2D eigenvalue weighted by atomic mass is 35.5. The Bertz CT molecular complexity index is 467. The van der Waals surface area contributed by atoms with Crippen molar-refractivity contribution in [3.63, 3.8) is 0 Å². The second-order valence-electron chi connectivity index (χ2n) is 5.96. The van der Waals surface area contributed by atoms with Crippen molar-refractivity contribution in [1.82, 2.24) is 0 Å². The van der Waals surface area contributed by atoms with Gasteiger partial charge in [0.1, 0.15) is 5.60 Å². The first-order chi connectivity index (χ1) is 9.17. The third kappa shape index (κ3) is 6.26. The van der Waals surface area contributed by atoms with E-state index in [9.17, 15) is 4.79 Å². The number of aryl methyl sites for hydroxylation is 1. The average Bonchev–Trinajstić information content (AvgIpc) is 2.27. The number of hydrogen-bond donors (Lipinski definition) is 2. The van der Waals surface area contributed by atoms with E-state index in [1.807, 2.05) is 39.8 Å². The van der Waals surface area contributed by atoms with Crippen molar-refractivity contribution in [3.05, 3.63) is 28.8 Å². The molecule has 0 aliphatic rings. The molecule has 0 spiro atoms. The van der Waals surface area contributed by atoms with Crippen LogP contribution in [0.4, 0.5) is 10.5 Å². The number of anilines is 1. The molecule has 0 radical (unpaired) electrons. The number of ether oxygens (including phenoxy) is 1. The molecular formula is C15H23ClN2O2. The maximum Gasteiger partial charge on any atom is 0.412 e. The number of carbonyl (C=O) groups is 1. The number of nitrogens with one attached hydrogen (secondary N) is 1. The van der Waals surface area contributed by atoms with Crippen LogP contribution in [0.5, 0.6) is 0 Å². The maximum absolute atomic E-state index is 11.7. The number of carbonyl (C=O) groups excluding carboxylic acids is 1. The first-order valence-electron chi connectivity index (χ1n) is 6.71. The van der Waals surface area contributed by atoms with Crippen molar-refractivity contribution in [2.24, 2.45) is 5.73 Å². The lowest BCUT2D eigenvalue weighted by atomic mass is 10.1. The molecule has 1 aromatic carbocycles. The molecule has 112 valence electrons. The Morgan fingerprint density at radius 3 is 2.60 bits per heavy atom. The molecule has 1 amide bonds. The van der Waals surface area contributed by atoms with Crippen LogP contribution in [0.1, 0.15) is 39.7 Å². The van der Waals surface area contributed by atoms with Crippen LogP contribution in [0.2, 0.25) is 5.02 Å². The van der Waals surface area contributed by atoms with E-state index in [0.29, 0.717) is 10.7 Å². The van der Waals surface area contributed by atoms with Crippen molar-refractivity contribution in [2.75, 3.05) is 5.32 Å². The molecule has 0 heterocycles. The molecule has 0 fully saturated rings. The maximum atomic E-state index is 11.7. The zero-order chi connectivity index (χ0) is 15.3. The summed E-state index contributed by atoms with van der Waals surface area (Å²) < 4.78 is 5.18. The highest BCUT2D eigenvalue weighted by Gasteiger charge is 2.17. The van der Waals surface area contributed by atoms with Crippen LogP contribution in [-0.2, 0) is 11.2 Å². The summed E-state index contributed by atoms with van der Waals surface area (Å²) in [6.07, 6.45) is 1.25. The Morgan fingerprint density at radius 1 is 1.45 bits per heavy atom. The van der Waals surface area contributed by atoms with Gasteiger partial charge in [0.05, 0.1) is 10.7 Å². The first-order valence-corrected chi connectivity index (χ1v) is 7.09. The van der Waals surface area contributed by atoms with Crippen LogP contribution < -0.4 is 11.1 Å². The fourth-order valence-corrected chi connectivity index (χ4v) is 1.87. The molecule has 0 saturated carbocycles. The molecule has 1 rings (SSSR count). The van der Waals surface area contributed by atoms with Gasteiger partial charge in [-0.25, -0.2) is 4.79 Å².